The smallest absolute Gasteiger partial charge is 0.228 e. The van der Waals surface area contributed by atoms with Crippen LogP contribution in [0.1, 0.15) is 12.8 Å². The molecule has 2 heterocycles. The largest absolute Gasteiger partial charge is 0.481 e. The van der Waals surface area contributed by atoms with Gasteiger partial charge in [0.2, 0.25) is 11.8 Å². The predicted molar refractivity (Wildman–Crippen MR) is 80.8 cm³/mol. The van der Waals surface area contributed by atoms with Crippen LogP contribution in [0.3, 0.4) is 0 Å². The van der Waals surface area contributed by atoms with Gasteiger partial charge in [-0.2, -0.15) is 4.98 Å². The molecule has 0 spiro atoms. The Morgan fingerprint density at radius 2 is 2.29 bits per heavy atom. The van der Waals surface area contributed by atoms with Crippen LogP contribution < -0.4 is 9.64 Å². The van der Waals surface area contributed by atoms with Gasteiger partial charge in [-0.1, -0.05) is 0 Å². The molecule has 21 heavy (non-hydrogen) atoms. The fourth-order valence-corrected chi connectivity index (χ4v) is 2.67. The first kappa shape index (κ1) is 14.5. The lowest BCUT2D eigenvalue weighted by molar-refractivity contribution is -0.0150. The van der Waals surface area contributed by atoms with Crippen molar-refractivity contribution in [3.05, 3.63) is 12.3 Å². The van der Waals surface area contributed by atoms with Gasteiger partial charge in [-0.3, -0.25) is 0 Å². The molecule has 1 atom stereocenters. The summed E-state index contributed by atoms with van der Waals surface area (Å²) < 4.78 is 11.1. The van der Waals surface area contributed by atoms with Gasteiger partial charge in [0.25, 0.3) is 0 Å². The molecule has 1 saturated heterocycles. The summed E-state index contributed by atoms with van der Waals surface area (Å²) >= 11 is 0. The van der Waals surface area contributed by atoms with Crippen molar-refractivity contribution < 1.29 is 9.47 Å². The van der Waals surface area contributed by atoms with Gasteiger partial charge in [-0.25, -0.2) is 4.98 Å². The van der Waals surface area contributed by atoms with E-state index < -0.39 is 0 Å². The predicted octanol–water partition coefficient (Wildman–Crippen LogP) is 1.03. The lowest BCUT2D eigenvalue weighted by atomic mass is 10.2. The number of ether oxygens (including phenoxy) is 2. The maximum Gasteiger partial charge on any atom is 0.228 e. The van der Waals surface area contributed by atoms with Crippen molar-refractivity contribution in [1.29, 1.82) is 0 Å². The third-order valence-corrected chi connectivity index (χ3v) is 4.05. The van der Waals surface area contributed by atoms with Crippen molar-refractivity contribution in [3.8, 4) is 5.88 Å². The highest BCUT2D eigenvalue weighted by molar-refractivity contribution is 5.32. The summed E-state index contributed by atoms with van der Waals surface area (Å²) in [5.74, 6) is 2.14. The number of hydrogen-bond donors (Lipinski definition) is 0. The number of rotatable bonds is 6. The molecule has 0 bridgehead atoms. The van der Waals surface area contributed by atoms with E-state index in [-0.39, 0.29) is 6.10 Å². The third kappa shape index (κ3) is 4.04. The van der Waals surface area contributed by atoms with E-state index in [0.29, 0.717) is 5.88 Å². The Labute approximate surface area is 126 Å². The van der Waals surface area contributed by atoms with Crippen LogP contribution in [0.4, 0.5) is 5.95 Å². The third-order valence-electron chi connectivity index (χ3n) is 4.05. The monoisotopic (exact) mass is 292 g/mol. The minimum Gasteiger partial charge on any atom is -0.481 e. The van der Waals surface area contributed by atoms with Crippen LogP contribution in [-0.2, 0) is 4.74 Å². The first-order chi connectivity index (χ1) is 10.2. The molecular weight excluding hydrogens is 268 g/mol. The number of nitrogens with zero attached hydrogens (tertiary/aromatic N) is 4. The zero-order valence-corrected chi connectivity index (χ0v) is 12.9. The molecule has 0 aromatic carbocycles. The Morgan fingerprint density at radius 3 is 3.00 bits per heavy atom. The summed E-state index contributed by atoms with van der Waals surface area (Å²) in [5, 5.41) is 0. The highest BCUT2D eigenvalue weighted by Crippen LogP contribution is 2.31. The van der Waals surface area contributed by atoms with E-state index in [9.17, 15) is 0 Å². The van der Waals surface area contributed by atoms with E-state index in [2.05, 4.69) is 26.8 Å². The first-order valence-corrected chi connectivity index (χ1v) is 7.66. The number of aromatic nitrogens is 2. The summed E-state index contributed by atoms with van der Waals surface area (Å²) in [6.07, 6.45) is 4.60. The standard InChI is InChI=1S/C15H24N4O2/c1-18-7-8-21-13(10-18)11-19(9-12-3-4-12)15-16-6-5-14(17-15)20-2/h5-6,12-13H,3-4,7-11H2,1-2H3. The van der Waals surface area contributed by atoms with E-state index in [1.54, 1.807) is 19.4 Å². The Bertz CT molecular complexity index is 467. The summed E-state index contributed by atoms with van der Waals surface area (Å²) in [6.45, 7) is 4.63. The number of methoxy groups -OCH3 is 1. The van der Waals surface area contributed by atoms with Gasteiger partial charge in [0.1, 0.15) is 0 Å². The average molecular weight is 292 g/mol. The fraction of sp³-hybridized carbons (Fsp3) is 0.733. The molecule has 1 aliphatic heterocycles. The Balaban J connectivity index is 1.70. The number of anilines is 1. The second-order valence-electron chi connectivity index (χ2n) is 6.00. The normalized spacial score (nSPS) is 23.0. The number of hydrogen-bond acceptors (Lipinski definition) is 6. The molecule has 0 amide bonds. The van der Waals surface area contributed by atoms with Crippen molar-refractivity contribution >= 4 is 5.95 Å². The van der Waals surface area contributed by atoms with Gasteiger partial charge in [0.15, 0.2) is 0 Å². The van der Waals surface area contributed by atoms with Crippen LogP contribution >= 0.6 is 0 Å². The molecule has 3 rings (SSSR count). The quantitative estimate of drug-likeness (QED) is 0.780. The van der Waals surface area contributed by atoms with Gasteiger partial charge >= 0.3 is 0 Å². The lowest BCUT2D eigenvalue weighted by Crippen LogP contribution is -2.47. The maximum atomic E-state index is 5.89. The van der Waals surface area contributed by atoms with Crippen LogP contribution in [0.5, 0.6) is 5.88 Å². The molecule has 1 aliphatic carbocycles. The minimum atomic E-state index is 0.220. The van der Waals surface area contributed by atoms with E-state index in [0.717, 1.165) is 44.7 Å². The van der Waals surface area contributed by atoms with Gasteiger partial charge in [-0.05, 0) is 25.8 Å². The van der Waals surface area contributed by atoms with Gasteiger partial charge in [0, 0.05) is 38.4 Å². The van der Waals surface area contributed by atoms with E-state index in [1.807, 2.05) is 0 Å². The van der Waals surface area contributed by atoms with Crippen molar-refractivity contribution in [3.63, 3.8) is 0 Å². The van der Waals surface area contributed by atoms with Crippen LogP contribution in [-0.4, -0.2) is 67.9 Å². The van der Waals surface area contributed by atoms with Crippen LogP contribution in [0.15, 0.2) is 12.3 Å². The second-order valence-corrected chi connectivity index (χ2v) is 6.00. The van der Waals surface area contributed by atoms with E-state index in [4.69, 9.17) is 9.47 Å². The second kappa shape index (κ2) is 6.58. The molecule has 6 nitrogen and oxygen atoms in total. The molecule has 1 aromatic rings. The maximum absolute atomic E-state index is 5.89. The van der Waals surface area contributed by atoms with Crippen molar-refractivity contribution in [1.82, 2.24) is 14.9 Å². The number of morpholine rings is 1. The molecule has 0 N–H and O–H groups in total. The van der Waals surface area contributed by atoms with Gasteiger partial charge in [0.05, 0.1) is 19.8 Å². The van der Waals surface area contributed by atoms with Gasteiger partial charge in [-0.15, -0.1) is 0 Å². The molecular formula is C15H24N4O2. The summed E-state index contributed by atoms with van der Waals surface area (Å²) in [6, 6.07) is 1.78. The molecule has 2 fully saturated rings. The summed E-state index contributed by atoms with van der Waals surface area (Å²) in [7, 11) is 3.78. The SMILES string of the molecule is COc1ccnc(N(CC2CC2)CC2CN(C)CCO2)n1. The molecule has 0 radical (unpaired) electrons. The van der Waals surface area contributed by atoms with E-state index >= 15 is 0 Å². The van der Waals surface area contributed by atoms with Crippen molar-refractivity contribution in [2.45, 2.75) is 18.9 Å². The molecule has 6 heteroatoms. The van der Waals surface area contributed by atoms with Crippen molar-refractivity contribution in [2.24, 2.45) is 5.92 Å². The Hall–Kier alpha value is -1.40. The average Bonchev–Trinajstić information content (AvgIpc) is 3.31. The minimum absolute atomic E-state index is 0.220. The highest BCUT2D eigenvalue weighted by Gasteiger charge is 2.28. The van der Waals surface area contributed by atoms with Gasteiger partial charge < -0.3 is 19.3 Å². The zero-order chi connectivity index (χ0) is 14.7. The summed E-state index contributed by atoms with van der Waals surface area (Å²) in [4.78, 5) is 13.5. The van der Waals surface area contributed by atoms with Crippen LogP contribution in [0.25, 0.3) is 0 Å². The first-order valence-electron chi connectivity index (χ1n) is 7.66. The zero-order valence-electron chi connectivity index (χ0n) is 12.9. The number of likely N-dealkylation sites (N-methyl/N-ethyl adjacent to an activating group) is 1. The fourth-order valence-electron chi connectivity index (χ4n) is 2.67. The Morgan fingerprint density at radius 1 is 1.43 bits per heavy atom. The van der Waals surface area contributed by atoms with E-state index in [1.165, 1.54) is 12.8 Å². The van der Waals surface area contributed by atoms with Crippen LogP contribution in [0.2, 0.25) is 0 Å². The Kier molecular flexibility index (Phi) is 4.55. The van der Waals surface area contributed by atoms with Crippen molar-refractivity contribution in [2.75, 3.05) is 51.8 Å². The molecule has 1 saturated carbocycles. The highest BCUT2D eigenvalue weighted by atomic mass is 16.5. The molecule has 1 unspecified atom stereocenters. The summed E-state index contributed by atoms with van der Waals surface area (Å²) in [5.41, 5.74) is 0. The lowest BCUT2D eigenvalue weighted by Gasteiger charge is -2.34. The molecule has 1 aromatic heterocycles. The molecule has 116 valence electrons. The van der Waals surface area contributed by atoms with Crippen LogP contribution in [0, 0.1) is 5.92 Å². The topological polar surface area (TPSA) is 50.7 Å². The molecule has 2 aliphatic rings.